The van der Waals surface area contributed by atoms with Gasteiger partial charge in [-0.25, -0.2) is 0 Å². The fourth-order valence-electron chi connectivity index (χ4n) is 1.48. The Morgan fingerprint density at radius 1 is 0.842 bits per heavy atom. The Labute approximate surface area is 131 Å². The molecule has 0 aromatic heterocycles. The summed E-state index contributed by atoms with van der Waals surface area (Å²) in [6.45, 7) is 9.03. The quantitative estimate of drug-likeness (QED) is 0.279. The van der Waals surface area contributed by atoms with Gasteiger partial charge in [-0.2, -0.15) is 0 Å². The summed E-state index contributed by atoms with van der Waals surface area (Å²) in [5.74, 6) is -0.0593. The van der Waals surface area contributed by atoms with Crippen molar-refractivity contribution in [3.05, 3.63) is 0 Å². The third-order valence-corrected chi connectivity index (χ3v) is 6.74. The van der Waals surface area contributed by atoms with Crippen molar-refractivity contribution in [3.63, 3.8) is 0 Å². The number of unbranched alkanes of at least 4 members (excludes halogenated alkanes) is 4. The molecule has 0 aliphatic rings. The van der Waals surface area contributed by atoms with Gasteiger partial charge in [0.1, 0.15) is 0 Å². The van der Waals surface area contributed by atoms with Crippen molar-refractivity contribution in [2.45, 2.75) is 87.9 Å². The molecule has 0 bridgehead atoms. The molecule has 0 aromatic rings. The van der Waals surface area contributed by atoms with Crippen LogP contribution in [0.15, 0.2) is 0 Å². The number of hydrogen-bond donors (Lipinski definition) is 0. The number of carbonyl (C=O) groups is 1. The van der Waals surface area contributed by atoms with Crippen LogP contribution in [0.1, 0.15) is 79.1 Å². The molecule has 0 N–H and O–H groups in total. The van der Waals surface area contributed by atoms with Gasteiger partial charge in [-0.15, -0.1) is 0 Å². The van der Waals surface area contributed by atoms with E-state index in [1.54, 1.807) is 8.87 Å². The Morgan fingerprint density at radius 2 is 1.37 bits per heavy atom. The molecule has 2 nitrogen and oxygen atoms in total. The van der Waals surface area contributed by atoms with Crippen LogP contribution in [-0.2, 0) is 9.53 Å². The SMILES string of the molecule is CCCCCC(=O)OCC.CCC[CH2][Sn][CH2]CCC. The molecule has 2 radical (unpaired) electrons. The molecule has 0 saturated carbocycles. The van der Waals surface area contributed by atoms with Crippen LogP contribution in [0.3, 0.4) is 0 Å². The molecule has 0 amide bonds. The van der Waals surface area contributed by atoms with Crippen molar-refractivity contribution < 1.29 is 9.53 Å². The number of ether oxygens (including phenoxy) is 1. The number of hydrogen-bond acceptors (Lipinski definition) is 2. The molecule has 0 heterocycles. The second-order valence-electron chi connectivity index (χ2n) is 4.72. The van der Waals surface area contributed by atoms with E-state index in [1.165, 1.54) is 25.7 Å². The molecule has 0 atom stereocenters. The van der Waals surface area contributed by atoms with Crippen LogP contribution in [0.2, 0.25) is 8.87 Å². The summed E-state index contributed by atoms with van der Waals surface area (Å²) < 4.78 is 8.00. The normalized spacial score (nSPS) is 9.68. The Bertz CT molecular complexity index is 166. The van der Waals surface area contributed by atoms with Gasteiger partial charge in [-0.05, 0) is 13.3 Å². The Morgan fingerprint density at radius 3 is 1.79 bits per heavy atom. The third kappa shape index (κ3) is 23.7. The summed E-state index contributed by atoms with van der Waals surface area (Å²) in [5, 5.41) is 0. The number of carbonyl (C=O) groups excluding carboxylic acids is 1. The summed E-state index contributed by atoms with van der Waals surface area (Å²) in [6, 6.07) is 0. The summed E-state index contributed by atoms with van der Waals surface area (Å²) >= 11 is 0.149. The van der Waals surface area contributed by atoms with Crippen LogP contribution in [0, 0.1) is 0 Å². The second kappa shape index (κ2) is 20.6. The van der Waals surface area contributed by atoms with Gasteiger partial charge in [0.2, 0.25) is 0 Å². The second-order valence-corrected chi connectivity index (χ2v) is 9.00. The minimum absolute atomic E-state index is 0.0593. The van der Waals surface area contributed by atoms with Crippen molar-refractivity contribution in [1.29, 1.82) is 0 Å². The first-order valence-electron chi connectivity index (χ1n) is 8.09. The minimum atomic E-state index is -0.0593. The van der Waals surface area contributed by atoms with E-state index >= 15 is 0 Å². The summed E-state index contributed by atoms with van der Waals surface area (Å²) in [4.78, 5) is 10.7. The molecule has 0 aliphatic carbocycles. The predicted octanol–water partition coefficient (Wildman–Crippen LogP) is 5.26. The molecule has 0 unspecified atom stereocenters. The molecular formula is C16H34O2Sn. The van der Waals surface area contributed by atoms with Crippen molar-refractivity contribution in [2.24, 2.45) is 0 Å². The van der Waals surface area contributed by atoms with Crippen molar-refractivity contribution in [1.82, 2.24) is 0 Å². The molecule has 0 aliphatic heterocycles. The van der Waals surface area contributed by atoms with Crippen molar-refractivity contribution in [3.8, 4) is 0 Å². The molecule has 0 fully saturated rings. The van der Waals surface area contributed by atoms with E-state index < -0.39 is 0 Å². The Balaban J connectivity index is 0. The van der Waals surface area contributed by atoms with E-state index in [4.69, 9.17) is 4.74 Å². The van der Waals surface area contributed by atoms with E-state index in [-0.39, 0.29) is 27.1 Å². The van der Waals surface area contributed by atoms with Gasteiger partial charge >= 0.3 is 75.5 Å². The fraction of sp³-hybridized carbons (Fsp3) is 0.938. The van der Waals surface area contributed by atoms with Crippen LogP contribution in [0.4, 0.5) is 0 Å². The van der Waals surface area contributed by atoms with Crippen LogP contribution in [0.25, 0.3) is 0 Å². The first kappa shape index (κ1) is 21.6. The van der Waals surface area contributed by atoms with Crippen LogP contribution in [0.5, 0.6) is 0 Å². The van der Waals surface area contributed by atoms with Crippen LogP contribution >= 0.6 is 0 Å². The average molecular weight is 377 g/mol. The number of esters is 1. The zero-order valence-electron chi connectivity index (χ0n) is 13.6. The van der Waals surface area contributed by atoms with Gasteiger partial charge in [0, 0.05) is 6.42 Å². The van der Waals surface area contributed by atoms with E-state index in [1.807, 2.05) is 6.92 Å². The number of rotatable bonds is 11. The maximum absolute atomic E-state index is 10.7. The standard InChI is InChI=1S/C8H16O2.2C4H9.Sn/c1-3-5-6-7-8(9)10-4-2;2*1-3-4-2;/h3-7H2,1-2H3;2*1,3-4H2,2H3;. The van der Waals surface area contributed by atoms with Crippen molar-refractivity contribution in [2.75, 3.05) is 6.61 Å². The van der Waals surface area contributed by atoms with Crippen molar-refractivity contribution >= 4 is 27.1 Å². The summed E-state index contributed by atoms with van der Waals surface area (Å²) in [7, 11) is 0. The Kier molecular flexibility index (Phi) is 23.4. The van der Waals surface area contributed by atoms with E-state index in [0.717, 1.165) is 19.3 Å². The summed E-state index contributed by atoms with van der Waals surface area (Å²) in [5.41, 5.74) is 0. The summed E-state index contributed by atoms with van der Waals surface area (Å²) in [6.07, 6.45) is 9.67. The van der Waals surface area contributed by atoms with Gasteiger partial charge in [-0.1, -0.05) is 19.8 Å². The molecule has 114 valence electrons. The predicted molar refractivity (Wildman–Crippen MR) is 86.0 cm³/mol. The van der Waals surface area contributed by atoms with Gasteiger partial charge in [0.05, 0.1) is 6.61 Å². The fourth-order valence-corrected chi connectivity index (χ4v) is 5.64. The Hall–Kier alpha value is 0.269. The van der Waals surface area contributed by atoms with Crippen LogP contribution in [-0.4, -0.2) is 33.7 Å². The zero-order chi connectivity index (χ0) is 14.8. The van der Waals surface area contributed by atoms with Gasteiger partial charge in [-0.3, -0.25) is 4.79 Å². The van der Waals surface area contributed by atoms with Gasteiger partial charge < -0.3 is 4.74 Å². The zero-order valence-corrected chi connectivity index (χ0v) is 16.4. The van der Waals surface area contributed by atoms with Gasteiger partial charge in [0.25, 0.3) is 0 Å². The van der Waals surface area contributed by atoms with E-state index in [0.29, 0.717) is 13.0 Å². The monoisotopic (exact) mass is 378 g/mol. The molecule has 0 rings (SSSR count). The maximum atomic E-state index is 10.7. The molecule has 0 spiro atoms. The molecular weight excluding hydrogens is 343 g/mol. The first-order chi connectivity index (χ1) is 9.22. The van der Waals surface area contributed by atoms with E-state index in [2.05, 4.69) is 20.8 Å². The molecule has 3 heteroatoms. The molecule has 19 heavy (non-hydrogen) atoms. The first-order valence-corrected chi connectivity index (χ1v) is 12.1. The van der Waals surface area contributed by atoms with E-state index in [9.17, 15) is 4.79 Å². The van der Waals surface area contributed by atoms with Crippen LogP contribution < -0.4 is 0 Å². The van der Waals surface area contributed by atoms with Gasteiger partial charge in [0.15, 0.2) is 0 Å². The molecule has 0 saturated heterocycles. The topological polar surface area (TPSA) is 26.3 Å². The molecule has 0 aromatic carbocycles. The third-order valence-electron chi connectivity index (χ3n) is 2.70. The average Bonchev–Trinajstić information content (AvgIpc) is 2.40.